The molecule has 2 N–H and O–H groups in total. The van der Waals surface area contributed by atoms with Gasteiger partial charge in [-0.2, -0.15) is 0 Å². The number of fused-ring (bicyclic) bond motifs is 1. The van der Waals surface area contributed by atoms with Crippen LogP contribution in [0, 0.1) is 6.92 Å². The number of aromatic nitrogens is 2. The topological polar surface area (TPSA) is 102 Å². The molecule has 0 spiro atoms. The summed E-state index contributed by atoms with van der Waals surface area (Å²) in [6.45, 7) is 5.80. The van der Waals surface area contributed by atoms with Gasteiger partial charge < -0.3 is 15.4 Å². The SMILES string of the molecule is CCOc1ccc(NC(=O)C(C)n2cnc3sc(C(=O)Nc4ccccc4)c(C)c3c2=O)cc1. The number of para-hydroxylation sites is 1. The van der Waals surface area contributed by atoms with Gasteiger partial charge >= 0.3 is 0 Å². The molecule has 0 aliphatic carbocycles. The van der Waals surface area contributed by atoms with E-state index in [4.69, 9.17) is 4.74 Å². The minimum atomic E-state index is -0.808. The van der Waals surface area contributed by atoms with Crippen molar-refractivity contribution in [1.82, 2.24) is 9.55 Å². The number of nitrogens with zero attached hydrogens (tertiary/aromatic N) is 2. The summed E-state index contributed by atoms with van der Waals surface area (Å²) in [6, 6.07) is 15.3. The molecule has 2 aromatic carbocycles. The van der Waals surface area contributed by atoms with Crippen molar-refractivity contribution in [2.45, 2.75) is 26.8 Å². The average molecular weight is 477 g/mol. The number of carbonyl (C=O) groups is 2. The number of thiophene rings is 1. The molecule has 0 aliphatic rings. The maximum absolute atomic E-state index is 13.3. The maximum Gasteiger partial charge on any atom is 0.266 e. The first-order chi connectivity index (χ1) is 16.4. The Bertz CT molecular complexity index is 1390. The first-order valence-electron chi connectivity index (χ1n) is 10.8. The first-order valence-corrected chi connectivity index (χ1v) is 11.6. The molecule has 0 aliphatic heterocycles. The first kappa shape index (κ1) is 23.2. The van der Waals surface area contributed by atoms with E-state index in [2.05, 4.69) is 15.6 Å². The van der Waals surface area contributed by atoms with Crippen molar-refractivity contribution in [2.75, 3.05) is 17.2 Å². The fourth-order valence-corrected chi connectivity index (χ4v) is 4.55. The summed E-state index contributed by atoms with van der Waals surface area (Å²) in [5, 5.41) is 5.98. The zero-order chi connectivity index (χ0) is 24.2. The second-order valence-corrected chi connectivity index (χ2v) is 8.64. The van der Waals surface area contributed by atoms with Crippen LogP contribution in [0.25, 0.3) is 10.2 Å². The molecule has 4 rings (SSSR count). The van der Waals surface area contributed by atoms with Crippen molar-refractivity contribution in [3.05, 3.63) is 81.7 Å². The highest BCUT2D eigenvalue weighted by Crippen LogP contribution is 2.28. The van der Waals surface area contributed by atoms with E-state index in [-0.39, 0.29) is 17.4 Å². The molecule has 4 aromatic rings. The molecular formula is C25H24N4O4S. The van der Waals surface area contributed by atoms with Crippen LogP contribution in [0.5, 0.6) is 5.75 Å². The number of hydrogen-bond acceptors (Lipinski definition) is 6. The number of amides is 2. The summed E-state index contributed by atoms with van der Waals surface area (Å²) in [5.74, 6) is 0.0423. The van der Waals surface area contributed by atoms with Gasteiger partial charge in [-0.05, 0) is 62.7 Å². The summed E-state index contributed by atoms with van der Waals surface area (Å²) in [6.07, 6.45) is 1.35. The molecule has 2 aromatic heterocycles. The Hall–Kier alpha value is -3.98. The molecule has 34 heavy (non-hydrogen) atoms. The van der Waals surface area contributed by atoms with E-state index >= 15 is 0 Å². The van der Waals surface area contributed by atoms with Crippen LogP contribution in [-0.4, -0.2) is 28.0 Å². The van der Waals surface area contributed by atoms with Gasteiger partial charge in [0.05, 0.1) is 23.2 Å². The van der Waals surface area contributed by atoms with E-state index in [1.165, 1.54) is 10.9 Å². The fourth-order valence-electron chi connectivity index (χ4n) is 3.51. The van der Waals surface area contributed by atoms with Crippen molar-refractivity contribution < 1.29 is 14.3 Å². The third-order valence-electron chi connectivity index (χ3n) is 5.34. The summed E-state index contributed by atoms with van der Waals surface area (Å²) in [5.41, 5.74) is 1.43. The van der Waals surface area contributed by atoms with E-state index in [9.17, 15) is 14.4 Å². The van der Waals surface area contributed by atoms with Gasteiger partial charge in [0.1, 0.15) is 16.6 Å². The van der Waals surface area contributed by atoms with Gasteiger partial charge in [-0.25, -0.2) is 4.98 Å². The number of nitrogens with one attached hydrogen (secondary N) is 2. The number of anilines is 2. The predicted molar refractivity (Wildman–Crippen MR) is 134 cm³/mol. The van der Waals surface area contributed by atoms with Crippen molar-refractivity contribution >= 4 is 44.7 Å². The largest absolute Gasteiger partial charge is 0.494 e. The molecule has 0 fully saturated rings. The van der Waals surface area contributed by atoms with E-state index in [1.807, 2.05) is 25.1 Å². The van der Waals surface area contributed by atoms with E-state index in [0.717, 1.165) is 11.3 Å². The molecule has 1 unspecified atom stereocenters. The van der Waals surface area contributed by atoms with Gasteiger partial charge in [-0.1, -0.05) is 18.2 Å². The summed E-state index contributed by atoms with van der Waals surface area (Å²) in [7, 11) is 0. The van der Waals surface area contributed by atoms with Gasteiger partial charge in [-0.15, -0.1) is 11.3 Å². The molecule has 2 heterocycles. The second kappa shape index (κ2) is 9.88. The number of rotatable bonds is 7. The number of benzene rings is 2. The molecule has 0 bridgehead atoms. The Labute approximate surface area is 200 Å². The zero-order valence-corrected chi connectivity index (χ0v) is 19.8. The van der Waals surface area contributed by atoms with Gasteiger partial charge in [0.2, 0.25) is 5.91 Å². The Morgan fingerprint density at radius 3 is 2.41 bits per heavy atom. The average Bonchev–Trinajstić information content (AvgIpc) is 3.18. The minimum Gasteiger partial charge on any atom is -0.494 e. The third kappa shape index (κ3) is 4.69. The Balaban J connectivity index is 1.57. The monoisotopic (exact) mass is 476 g/mol. The van der Waals surface area contributed by atoms with Gasteiger partial charge in [0, 0.05) is 11.4 Å². The normalized spacial score (nSPS) is 11.7. The number of hydrogen-bond donors (Lipinski definition) is 2. The van der Waals surface area contributed by atoms with Crippen LogP contribution >= 0.6 is 11.3 Å². The fraction of sp³-hybridized carbons (Fsp3) is 0.200. The zero-order valence-electron chi connectivity index (χ0n) is 19.0. The molecule has 9 heteroatoms. The smallest absolute Gasteiger partial charge is 0.266 e. The number of carbonyl (C=O) groups excluding carboxylic acids is 2. The van der Waals surface area contributed by atoms with Gasteiger partial charge in [0.15, 0.2) is 0 Å². The summed E-state index contributed by atoms with van der Waals surface area (Å²) < 4.78 is 6.69. The third-order valence-corrected chi connectivity index (χ3v) is 6.54. The summed E-state index contributed by atoms with van der Waals surface area (Å²) >= 11 is 1.15. The van der Waals surface area contributed by atoms with Crippen LogP contribution in [0.1, 0.15) is 35.1 Å². The van der Waals surface area contributed by atoms with Crippen LogP contribution in [-0.2, 0) is 4.79 Å². The summed E-state index contributed by atoms with van der Waals surface area (Å²) in [4.78, 5) is 44.1. The highest BCUT2D eigenvalue weighted by molar-refractivity contribution is 7.20. The molecule has 0 radical (unpaired) electrons. The van der Waals surface area contributed by atoms with Crippen LogP contribution in [0.2, 0.25) is 0 Å². The van der Waals surface area contributed by atoms with Crippen molar-refractivity contribution in [1.29, 1.82) is 0 Å². The van der Waals surface area contributed by atoms with Crippen molar-refractivity contribution in [3.63, 3.8) is 0 Å². The lowest BCUT2D eigenvalue weighted by Crippen LogP contribution is -2.31. The predicted octanol–water partition coefficient (Wildman–Crippen LogP) is 4.62. The Kier molecular flexibility index (Phi) is 6.74. The van der Waals surface area contributed by atoms with Crippen molar-refractivity contribution in [3.8, 4) is 5.75 Å². The lowest BCUT2D eigenvalue weighted by molar-refractivity contribution is -0.118. The molecule has 8 nitrogen and oxygen atoms in total. The van der Waals surface area contributed by atoms with Crippen LogP contribution in [0.4, 0.5) is 11.4 Å². The highest BCUT2D eigenvalue weighted by Gasteiger charge is 2.23. The Morgan fingerprint density at radius 2 is 1.74 bits per heavy atom. The van der Waals surface area contributed by atoms with Crippen LogP contribution in [0.15, 0.2) is 65.7 Å². The van der Waals surface area contributed by atoms with Crippen LogP contribution in [0.3, 0.4) is 0 Å². The number of aryl methyl sites for hydroxylation is 1. The quantitative estimate of drug-likeness (QED) is 0.405. The Morgan fingerprint density at radius 1 is 1.06 bits per heavy atom. The molecule has 174 valence electrons. The van der Waals surface area contributed by atoms with E-state index < -0.39 is 6.04 Å². The standard InChI is InChI=1S/C25H24N4O4S/c1-4-33-19-12-10-18(11-13-19)27-22(30)16(3)29-14-26-24-20(25(29)32)15(2)21(34-24)23(31)28-17-8-6-5-7-9-17/h5-14,16H,4H2,1-3H3,(H,27,30)(H,28,31). The number of ether oxygens (including phenoxy) is 1. The van der Waals surface area contributed by atoms with E-state index in [1.54, 1.807) is 50.2 Å². The van der Waals surface area contributed by atoms with E-state index in [0.29, 0.717) is 44.4 Å². The minimum absolute atomic E-state index is 0.307. The maximum atomic E-state index is 13.3. The molecule has 0 saturated carbocycles. The lowest BCUT2D eigenvalue weighted by Gasteiger charge is -2.15. The molecule has 0 saturated heterocycles. The second-order valence-electron chi connectivity index (χ2n) is 7.64. The molecular weight excluding hydrogens is 452 g/mol. The molecule has 1 atom stereocenters. The van der Waals surface area contributed by atoms with Crippen LogP contribution < -0.4 is 20.9 Å². The lowest BCUT2D eigenvalue weighted by atomic mass is 10.2. The molecule has 2 amide bonds. The highest BCUT2D eigenvalue weighted by atomic mass is 32.1. The van der Waals surface area contributed by atoms with Crippen molar-refractivity contribution in [2.24, 2.45) is 0 Å². The van der Waals surface area contributed by atoms with Gasteiger partial charge in [-0.3, -0.25) is 19.0 Å². The van der Waals surface area contributed by atoms with Gasteiger partial charge in [0.25, 0.3) is 11.5 Å².